The highest BCUT2D eigenvalue weighted by molar-refractivity contribution is 5.94. The van der Waals surface area contributed by atoms with Crippen molar-refractivity contribution in [3.63, 3.8) is 0 Å². The fraction of sp³-hybridized carbons (Fsp3) is 0.611. The van der Waals surface area contributed by atoms with Crippen LogP contribution in [-0.4, -0.2) is 49.7 Å². The summed E-state index contributed by atoms with van der Waals surface area (Å²) in [5.41, 5.74) is -0.0388. The maximum atomic E-state index is 13.4. The summed E-state index contributed by atoms with van der Waals surface area (Å²) in [5.74, 6) is -0.395. The summed E-state index contributed by atoms with van der Waals surface area (Å²) in [6.07, 6.45) is -3.17. The number of hydrogen-bond donors (Lipinski definition) is 1. The molecule has 26 heavy (non-hydrogen) atoms. The molecule has 1 aromatic rings. The smallest absolute Gasteiger partial charge is 0.375 e. The second kappa shape index (κ2) is 8.59. The van der Waals surface area contributed by atoms with Crippen LogP contribution in [0.4, 0.5) is 13.2 Å². The minimum atomic E-state index is -4.41. The molecular formula is C18H24ClF3N2O2. The first-order valence-electron chi connectivity index (χ1n) is 8.69. The number of halogens is 4. The molecule has 0 radical (unpaired) electrons. The predicted octanol–water partition coefficient (Wildman–Crippen LogP) is 3.46. The fourth-order valence-corrected chi connectivity index (χ4v) is 3.61. The lowest BCUT2D eigenvalue weighted by Crippen LogP contribution is -2.44. The van der Waals surface area contributed by atoms with Crippen molar-refractivity contribution in [3.05, 3.63) is 34.9 Å². The summed E-state index contributed by atoms with van der Waals surface area (Å²) in [7, 11) is 0. The first-order valence-corrected chi connectivity index (χ1v) is 8.69. The van der Waals surface area contributed by atoms with Gasteiger partial charge in [0, 0.05) is 18.7 Å². The summed E-state index contributed by atoms with van der Waals surface area (Å²) < 4.78 is 45.7. The molecule has 1 unspecified atom stereocenters. The summed E-state index contributed by atoms with van der Waals surface area (Å²) in [6.45, 7) is 4.65. The molecule has 2 saturated heterocycles. The highest BCUT2D eigenvalue weighted by atomic mass is 35.5. The van der Waals surface area contributed by atoms with E-state index in [1.165, 1.54) is 12.1 Å². The molecule has 0 bridgehead atoms. The van der Waals surface area contributed by atoms with E-state index >= 15 is 0 Å². The number of nitrogens with one attached hydrogen (secondary N) is 1. The first kappa shape index (κ1) is 21.0. The van der Waals surface area contributed by atoms with Crippen LogP contribution in [0.25, 0.3) is 0 Å². The van der Waals surface area contributed by atoms with Crippen LogP contribution in [0, 0.1) is 0 Å². The van der Waals surface area contributed by atoms with Crippen molar-refractivity contribution in [2.75, 3.05) is 32.8 Å². The third kappa shape index (κ3) is 4.69. The number of ether oxygens (including phenoxy) is 1. The fourth-order valence-electron chi connectivity index (χ4n) is 3.61. The molecule has 8 heteroatoms. The molecule has 0 aliphatic carbocycles. The van der Waals surface area contributed by atoms with E-state index in [1.807, 2.05) is 6.92 Å². The van der Waals surface area contributed by atoms with Gasteiger partial charge in [-0.3, -0.25) is 4.79 Å². The molecule has 0 spiro atoms. The average molecular weight is 393 g/mol. The maximum Gasteiger partial charge on any atom is 0.416 e. The van der Waals surface area contributed by atoms with Gasteiger partial charge in [-0.2, -0.15) is 13.2 Å². The van der Waals surface area contributed by atoms with Crippen LogP contribution in [0.2, 0.25) is 0 Å². The third-order valence-electron chi connectivity index (χ3n) is 4.91. The largest absolute Gasteiger partial charge is 0.416 e. The van der Waals surface area contributed by atoms with Crippen LogP contribution in [0.3, 0.4) is 0 Å². The topological polar surface area (TPSA) is 41.6 Å². The minimum absolute atomic E-state index is 0. The van der Waals surface area contributed by atoms with E-state index in [0.717, 1.165) is 6.07 Å². The highest BCUT2D eigenvalue weighted by Crippen LogP contribution is 2.38. The van der Waals surface area contributed by atoms with Crippen molar-refractivity contribution in [3.8, 4) is 0 Å². The van der Waals surface area contributed by atoms with Gasteiger partial charge in [0.15, 0.2) is 0 Å². The Morgan fingerprint density at radius 2 is 1.96 bits per heavy atom. The normalized spacial score (nSPS) is 22.0. The van der Waals surface area contributed by atoms with Gasteiger partial charge in [0.1, 0.15) is 0 Å². The van der Waals surface area contributed by atoms with E-state index in [1.54, 1.807) is 4.90 Å². The van der Waals surface area contributed by atoms with Crippen molar-refractivity contribution in [2.45, 2.75) is 38.0 Å². The lowest BCUT2D eigenvalue weighted by molar-refractivity contribution is -0.138. The third-order valence-corrected chi connectivity index (χ3v) is 4.91. The molecule has 3 rings (SSSR count). The molecule has 1 N–H and O–H groups in total. The molecule has 2 fully saturated rings. The van der Waals surface area contributed by atoms with Gasteiger partial charge in [-0.05, 0) is 62.5 Å². The number of carbonyl (C=O) groups is 1. The molecule has 1 aromatic carbocycles. The Labute approximate surface area is 157 Å². The Bertz CT molecular complexity index is 633. The SMILES string of the molecule is CC1CN(C(=O)c2ccc(C(F)(F)F)c(C3CCNCC3)c2)CCO1.Cl. The molecular weight excluding hydrogens is 369 g/mol. The van der Waals surface area contributed by atoms with E-state index in [9.17, 15) is 18.0 Å². The van der Waals surface area contributed by atoms with Crippen molar-refractivity contribution in [1.29, 1.82) is 0 Å². The number of rotatable bonds is 2. The minimum Gasteiger partial charge on any atom is -0.375 e. The first-order chi connectivity index (χ1) is 11.9. The average Bonchev–Trinajstić information content (AvgIpc) is 2.60. The Balaban J connectivity index is 0.00000243. The van der Waals surface area contributed by atoms with Gasteiger partial charge in [0.25, 0.3) is 5.91 Å². The van der Waals surface area contributed by atoms with Crippen molar-refractivity contribution in [1.82, 2.24) is 10.2 Å². The van der Waals surface area contributed by atoms with E-state index in [-0.39, 0.29) is 35.9 Å². The Morgan fingerprint density at radius 1 is 1.27 bits per heavy atom. The van der Waals surface area contributed by atoms with Crippen molar-refractivity contribution in [2.24, 2.45) is 0 Å². The molecule has 1 amide bonds. The Morgan fingerprint density at radius 3 is 2.58 bits per heavy atom. The van der Waals surface area contributed by atoms with Crippen LogP contribution in [0.15, 0.2) is 18.2 Å². The van der Waals surface area contributed by atoms with E-state index < -0.39 is 11.7 Å². The van der Waals surface area contributed by atoms with Crippen molar-refractivity contribution >= 4 is 18.3 Å². The quantitative estimate of drug-likeness (QED) is 0.838. The van der Waals surface area contributed by atoms with E-state index in [0.29, 0.717) is 51.2 Å². The predicted molar refractivity (Wildman–Crippen MR) is 94.9 cm³/mol. The summed E-state index contributed by atoms with van der Waals surface area (Å²) in [6, 6.07) is 3.83. The molecule has 4 nitrogen and oxygen atoms in total. The zero-order valence-corrected chi connectivity index (χ0v) is 15.5. The Hall–Kier alpha value is -1.31. The lowest BCUT2D eigenvalue weighted by Gasteiger charge is -2.32. The number of piperidine rings is 1. The number of amides is 1. The number of hydrogen-bond acceptors (Lipinski definition) is 3. The summed E-state index contributed by atoms with van der Waals surface area (Å²) in [5, 5.41) is 3.17. The van der Waals surface area contributed by atoms with Gasteiger partial charge in [-0.1, -0.05) is 0 Å². The zero-order valence-electron chi connectivity index (χ0n) is 14.6. The molecule has 1 atom stereocenters. The number of carbonyl (C=O) groups excluding carboxylic acids is 1. The molecule has 146 valence electrons. The Kier molecular flexibility index (Phi) is 6.93. The van der Waals surface area contributed by atoms with Gasteiger partial charge in [0.05, 0.1) is 18.3 Å². The molecule has 0 saturated carbocycles. The zero-order chi connectivity index (χ0) is 18.0. The standard InChI is InChI=1S/C18H23F3N2O2.ClH/c1-12-11-23(8-9-25-12)17(24)14-2-3-16(18(19,20)21)15(10-14)13-4-6-22-7-5-13;/h2-3,10,12-13,22H,4-9,11H2,1H3;1H. The number of benzene rings is 1. The van der Waals surface area contributed by atoms with Gasteiger partial charge < -0.3 is 15.0 Å². The molecule has 0 aromatic heterocycles. The second-order valence-corrected chi connectivity index (χ2v) is 6.76. The number of nitrogens with zero attached hydrogens (tertiary/aromatic N) is 1. The monoisotopic (exact) mass is 392 g/mol. The summed E-state index contributed by atoms with van der Waals surface area (Å²) >= 11 is 0. The molecule has 2 aliphatic rings. The van der Waals surface area contributed by atoms with E-state index in [2.05, 4.69) is 5.32 Å². The maximum absolute atomic E-state index is 13.4. The molecule has 2 aliphatic heterocycles. The van der Waals surface area contributed by atoms with Crippen LogP contribution >= 0.6 is 12.4 Å². The van der Waals surface area contributed by atoms with Gasteiger partial charge in [0.2, 0.25) is 0 Å². The lowest BCUT2D eigenvalue weighted by atomic mass is 9.85. The van der Waals surface area contributed by atoms with Gasteiger partial charge in [-0.25, -0.2) is 0 Å². The van der Waals surface area contributed by atoms with Crippen LogP contribution in [-0.2, 0) is 10.9 Å². The van der Waals surface area contributed by atoms with E-state index in [4.69, 9.17) is 4.74 Å². The summed E-state index contributed by atoms with van der Waals surface area (Å²) in [4.78, 5) is 14.4. The van der Waals surface area contributed by atoms with Gasteiger partial charge in [-0.15, -0.1) is 12.4 Å². The molecule has 2 heterocycles. The van der Waals surface area contributed by atoms with Crippen LogP contribution < -0.4 is 5.32 Å². The number of alkyl halides is 3. The van der Waals surface area contributed by atoms with Crippen LogP contribution in [0.1, 0.15) is 47.2 Å². The van der Waals surface area contributed by atoms with Crippen LogP contribution in [0.5, 0.6) is 0 Å². The number of morpholine rings is 1. The van der Waals surface area contributed by atoms with Crippen molar-refractivity contribution < 1.29 is 22.7 Å². The highest BCUT2D eigenvalue weighted by Gasteiger charge is 2.36. The van der Waals surface area contributed by atoms with Gasteiger partial charge >= 0.3 is 6.18 Å². The second-order valence-electron chi connectivity index (χ2n) is 6.76.